The van der Waals surface area contributed by atoms with Gasteiger partial charge < -0.3 is 0 Å². The first-order chi connectivity index (χ1) is 5.85. The molecule has 0 bridgehead atoms. The fourth-order valence-corrected chi connectivity index (χ4v) is 1.20. The summed E-state index contributed by atoms with van der Waals surface area (Å²) in [5.41, 5.74) is 2.74. The Morgan fingerprint density at radius 1 is 1.42 bits per heavy atom. The quantitative estimate of drug-likeness (QED) is 0.263. The summed E-state index contributed by atoms with van der Waals surface area (Å²) in [4.78, 5) is 0. The molecule has 0 aliphatic carbocycles. The van der Waals surface area contributed by atoms with Crippen molar-refractivity contribution in [3.63, 3.8) is 0 Å². The van der Waals surface area contributed by atoms with Crippen molar-refractivity contribution < 1.29 is 0 Å². The molecule has 1 atom stereocenters. The third kappa shape index (κ3) is 6.21. The highest BCUT2D eigenvalue weighted by atomic mass is 15.2. The summed E-state index contributed by atoms with van der Waals surface area (Å²) in [6, 6.07) is 0.312. The molecule has 2 nitrogen and oxygen atoms in total. The Kier molecular flexibility index (Phi) is 8.20. The molecule has 1 unspecified atom stereocenters. The van der Waals surface area contributed by atoms with Crippen LogP contribution in [0.15, 0.2) is 0 Å². The Hall–Kier alpha value is -0.520. The van der Waals surface area contributed by atoms with E-state index in [2.05, 4.69) is 18.3 Å². The summed E-state index contributed by atoms with van der Waals surface area (Å²) in [6.07, 6.45) is 12.1. The summed E-state index contributed by atoms with van der Waals surface area (Å²) < 4.78 is 0. The number of nitrogens with one attached hydrogen (secondary N) is 1. The Labute approximate surface area is 75.9 Å². The largest absolute Gasteiger partial charge is 0.271 e. The number of terminal acetylenes is 1. The van der Waals surface area contributed by atoms with Gasteiger partial charge >= 0.3 is 0 Å². The van der Waals surface area contributed by atoms with Crippen LogP contribution >= 0.6 is 0 Å². The third-order valence-electron chi connectivity index (χ3n) is 2.01. The summed E-state index contributed by atoms with van der Waals surface area (Å²) in [5, 5.41) is 0. The van der Waals surface area contributed by atoms with Gasteiger partial charge in [-0.15, -0.1) is 12.3 Å². The maximum atomic E-state index is 5.33. The lowest BCUT2D eigenvalue weighted by atomic mass is 10.1. The SMILES string of the molecule is C#CCC(CCCCCC)NN. The smallest absolute Gasteiger partial charge is 0.0319 e. The standard InChI is InChI=1S/C10H20N2/c1-3-5-6-7-9-10(12-11)8-4-2/h2,10,12H,3,5-9,11H2,1H3. The van der Waals surface area contributed by atoms with Crippen LogP contribution in [0.3, 0.4) is 0 Å². The minimum Gasteiger partial charge on any atom is -0.271 e. The van der Waals surface area contributed by atoms with Crippen LogP contribution in [0.2, 0.25) is 0 Å². The lowest BCUT2D eigenvalue weighted by molar-refractivity contribution is 0.473. The van der Waals surface area contributed by atoms with Crippen LogP contribution in [0, 0.1) is 12.3 Å². The number of rotatable bonds is 7. The minimum atomic E-state index is 0.312. The van der Waals surface area contributed by atoms with Gasteiger partial charge in [-0.1, -0.05) is 32.6 Å². The number of unbranched alkanes of at least 4 members (excludes halogenated alkanes) is 3. The van der Waals surface area contributed by atoms with Crippen molar-refractivity contribution >= 4 is 0 Å². The second-order valence-corrected chi connectivity index (χ2v) is 3.12. The third-order valence-corrected chi connectivity index (χ3v) is 2.01. The lowest BCUT2D eigenvalue weighted by Crippen LogP contribution is -2.34. The fourth-order valence-electron chi connectivity index (χ4n) is 1.20. The first-order valence-corrected chi connectivity index (χ1v) is 4.74. The van der Waals surface area contributed by atoms with Gasteiger partial charge in [-0.3, -0.25) is 11.3 Å². The molecular weight excluding hydrogens is 148 g/mol. The topological polar surface area (TPSA) is 38.0 Å². The molecule has 2 heteroatoms. The van der Waals surface area contributed by atoms with Crippen molar-refractivity contribution in [2.24, 2.45) is 5.84 Å². The second kappa shape index (κ2) is 8.58. The molecule has 0 amide bonds. The Bertz CT molecular complexity index is 126. The zero-order valence-corrected chi connectivity index (χ0v) is 7.97. The maximum Gasteiger partial charge on any atom is 0.0319 e. The molecule has 12 heavy (non-hydrogen) atoms. The van der Waals surface area contributed by atoms with Gasteiger partial charge in [0.25, 0.3) is 0 Å². The lowest BCUT2D eigenvalue weighted by Gasteiger charge is -2.11. The van der Waals surface area contributed by atoms with Gasteiger partial charge in [0.1, 0.15) is 0 Å². The van der Waals surface area contributed by atoms with Gasteiger partial charge in [0.15, 0.2) is 0 Å². The average Bonchev–Trinajstić information content (AvgIpc) is 2.10. The molecule has 0 fully saturated rings. The predicted octanol–water partition coefficient (Wildman–Crippen LogP) is 1.81. The van der Waals surface area contributed by atoms with Crippen molar-refractivity contribution in [1.29, 1.82) is 0 Å². The monoisotopic (exact) mass is 168 g/mol. The molecule has 0 aromatic heterocycles. The first kappa shape index (κ1) is 11.5. The van der Waals surface area contributed by atoms with Crippen molar-refractivity contribution in [2.45, 2.75) is 51.5 Å². The van der Waals surface area contributed by atoms with Gasteiger partial charge in [0, 0.05) is 12.5 Å². The molecule has 0 aromatic rings. The first-order valence-electron chi connectivity index (χ1n) is 4.74. The average molecular weight is 168 g/mol. The molecule has 0 heterocycles. The predicted molar refractivity (Wildman–Crippen MR) is 53.3 cm³/mol. The van der Waals surface area contributed by atoms with E-state index < -0.39 is 0 Å². The van der Waals surface area contributed by atoms with E-state index in [9.17, 15) is 0 Å². The number of hydrazine groups is 1. The molecule has 0 aromatic carbocycles. The molecule has 0 rings (SSSR count). The van der Waals surface area contributed by atoms with Crippen LogP contribution < -0.4 is 11.3 Å². The van der Waals surface area contributed by atoms with E-state index in [4.69, 9.17) is 12.3 Å². The Morgan fingerprint density at radius 2 is 2.17 bits per heavy atom. The minimum absolute atomic E-state index is 0.312. The van der Waals surface area contributed by atoms with Gasteiger partial charge in [0.05, 0.1) is 0 Å². The van der Waals surface area contributed by atoms with E-state index in [0.29, 0.717) is 6.04 Å². The van der Waals surface area contributed by atoms with E-state index in [-0.39, 0.29) is 0 Å². The summed E-state index contributed by atoms with van der Waals surface area (Å²) in [5.74, 6) is 7.95. The molecule has 0 aliphatic rings. The van der Waals surface area contributed by atoms with E-state index in [0.717, 1.165) is 12.8 Å². The van der Waals surface area contributed by atoms with Crippen molar-refractivity contribution in [2.75, 3.05) is 0 Å². The molecule has 3 N–H and O–H groups in total. The van der Waals surface area contributed by atoms with Crippen LogP contribution in [0.5, 0.6) is 0 Å². The molecule has 0 saturated heterocycles. The van der Waals surface area contributed by atoms with Crippen molar-refractivity contribution in [3.05, 3.63) is 0 Å². The van der Waals surface area contributed by atoms with E-state index in [1.54, 1.807) is 0 Å². The van der Waals surface area contributed by atoms with Crippen LogP contribution in [-0.4, -0.2) is 6.04 Å². The molecule has 0 aliphatic heterocycles. The van der Waals surface area contributed by atoms with Crippen LogP contribution in [0.4, 0.5) is 0 Å². The summed E-state index contributed by atoms with van der Waals surface area (Å²) in [6.45, 7) is 2.21. The molecule has 0 radical (unpaired) electrons. The fraction of sp³-hybridized carbons (Fsp3) is 0.800. The highest BCUT2D eigenvalue weighted by Gasteiger charge is 2.02. The Morgan fingerprint density at radius 3 is 2.67 bits per heavy atom. The zero-order valence-electron chi connectivity index (χ0n) is 7.97. The second-order valence-electron chi connectivity index (χ2n) is 3.12. The van der Waals surface area contributed by atoms with Crippen LogP contribution in [0.25, 0.3) is 0 Å². The van der Waals surface area contributed by atoms with Crippen molar-refractivity contribution in [3.8, 4) is 12.3 Å². The number of hydrogen-bond donors (Lipinski definition) is 2. The maximum absolute atomic E-state index is 5.33. The van der Waals surface area contributed by atoms with Crippen LogP contribution in [0.1, 0.15) is 45.4 Å². The van der Waals surface area contributed by atoms with E-state index >= 15 is 0 Å². The van der Waals surface area contributed by atoms with Gasteiger partial charge in [0.2, 0.25) is 0 Å². The molecule has 70 valence electrons. The summed E-state index contributed by atoms with van der Waals surface area (Å²) in [7, 11) is 0. The Balaban J connectivity index is 3.26. The van der Waals surface area contributed by atoms with E-state index in [1.165, 1.54) is 25.7 Å². The molecule has 0 saturated carbocycles. The van der Waals surface area contributed by atoms with E-state index in [1.807, 2.05) is 0 Å². The summed E-state index contributed by atoms with van der Waals surface area (Å²) >= 11 is 0. The van der Waals surface area contributed by atoms with Crippen LogP contribution in [-0.2, 0) is 0 Å². The highest BCUT2D eigenvalue weighted by molar-refractivity contribution is 4.88. The molecule has 0 spiro atoms. The van der Waals surface area contributed by atoms with Gasteiger partial charge in [-0.25, -0.2) is 0 Å². The van der Waals surface area contributed by atoms with Gasteiger partial charge in [-0.2, -0.15) is 0 Å². The number of hydrogen-bond acceptors (Lipinski definition) is 2. The van der Waals surface area contributed by atoms with Crippen molar-refractivity contribution in [1.82, 2.24) is 5.43 Å². The zero-order chi connectivity index (χ0) is 9.23. The molecular formula is C10H20N2. The highest BCUT2D eigenvalue weighted by Crippen LogP contribution is 2.06. The number of nitrogens with two attached hydrogens (primary N) is 1. The van der Waals surface area contributed by atoms with Gasteiger partial charge in [-0.05, 0) is 6.42 Å². The normalized spacial score (nSPS) is 12.4.